The second-order valence-electron chi connectivity index (χ2n) is 5.49. The fourth-order valence-electron chi connectivity index (χ4n) is 2.87. The van der Waals surface area contributed by atoms with Gasteiger partial charge in [0.2, 0.25) is 0 Å². The molecular weight excluding hydrogens is 292 g/mol. The Balaban J connectivity index is 2.06. The Morgan fingerprint density at radius 2 is 2.00 bits per heavy atom. The molecule has 5 nitrogen and oxygen atoms in total. The number of hydrogen-bond donors (Lipinski definition) is 1. The standard InChI is InChI=1S/C18H20N2O3/c1-2-23-18(22)15-12-14(16(21)13-8-4-3-5-9-13)17-19-10-6-7-11-20(15)17/h3-5,8-9,12,19H,2,6-7,10-11H2,1H3. The first-order chi connectivity index (χ1) is 11.2. The van der Waals surface area contributed by atoms with Gasteiger partial charge in [-0.3, -0.25) is 4.79 Å². The molecule has 23 heavy (non-hydrogen) atoms. The van der Waals surface area contributed by atoms with E-state index in [2.05, 4.69) is 5.32 Å². The number of carbonyl (C=O) groups excluding carboxylic acids is 2. The number of ether oxygens (including phenoxy) is 1. The van der Waals surface area contributed by atoms with Crippen molar-refractivity contribution in [2.45, 2.75) is 26.3 Å². The predicted molar refractivity (Wildman–Crippen MR) is 88.0 cm³/mol. The van der Waals surface area contributed by atoms with Crippen LogP contribution in [0.2, 0.25) is 0 Å². The number of esters is 1. The average molecular weight is 312 g/mol. The van der Waals surface area contributed by atoms with E-state index in [0.29, 0.717) is 30.0 Å². The highest BCUT2D eigenvalue weighted by atomic mass is 16.5. The topological polar surface area (TPSA) is 60.3 Å². The molecule has 1 aliphatic rings. The number of carbonyl (C=O) groups is 2. The van der Waals surface area contributed by atoms with Crippen molar-refractivity contribution in [3.05, 3.63) is 53.2 Å². The number of anilines is 1. The summed E-state index contributed by atoms with van der Waals surface area (Å²) >= 11 is 0. The van der Waals surface area contributed by atoms with Gasteiger partial charge in [-0.1, -0.05) is 30.3 Å². The molecular formula is C18H20N2O3. The number of rotatable bonds is 4. The van der Waals surface area contributed by atoms with Crippen molar-refractivity contribution in [2.75, 3.05) is 18.5 Å². The van der Waals surface area contributed by atoms with Crippen LogP contribution < -0.4 is 5.32 Å². The minimum absolute atomic E-state index is 0.0840. The van der Waals surface area contributed by atoms with Crippen molar-refractivity contribution in [2.24, 2.45) is 0 Å². The van der Waals surface area contributed by atoms with Gasteiger partial charge < -0.3 is 14.6 Å². The van der Waals surface area contributed by atoms with Crippen LogP contribution in [0.1, 0.15) is 46.2 Å². The minimum Gasteiger partial charge on any atom is -0.461 e. The second kappa shape index (κ2) is 6.69. The van der Waals surface area contributed by atoms with Crippen LogP contribution in [0, 0.1) is 0 Å². The van der Waals surface area contributed by atoms with E-state index in [4.69, 9.17) is 4.74 Å². The number of nitrogens with one attached hydrogen (secondary N) is 1. The van der Waals surface area contributed by atoms with E-state index < -0.39 is 0 Å². The van der Waals surface area contributed by atoms with Gasteiger partial charge in [0.15, 0.2) is 5.78 Å². The highest BCUT2D eigenvalue weighted by Gasteiger charge is 2.26. The first kappa shape index (κ1) is 15.3. The van der Waals surface area contributed by atoms with E-state index in [1.807, 2.05) is 22.8 Å². The molecule has 0 unspecified atom stereocenters. The first-order valence-electron chi connectivity index (χ1n) is 7.96. The fourth-order valence-corrected chi connectivity index (χ4v) is 2.87. The summed E-state index contributed by atoms with van der Waals surface area (Å²) in [6.07, 6.45) is 1.96. The lowest BCUT2D eigenvalue weighted by atomic mass is 10.1. The highest BCUT2D eigenvalue weighted by Crippen LogP contribution is 2.27. The molecule has 1 aliphatic heterocycles. The van der Waals surface area contributed by atoms with Crippen LogP contribution in [0.25, 0.3) is 0 Å². The molecule has 0 saturated heterocycles. The summed E-state index contributed by atoms with van der Waals surface area (Å²) in [7, 11) is 0. The lowest BCUT2D eigenvalue weighted by Gasteiger charge is -2.10. The molecule has 1 N–H and O–H groups in total. The van der Waals surface area contributed by atoms with Crippen LogP contribution in [-0.4, -0.2) is 29.5 Å². The van der Waals surface area contributed by atoms with Gasteiger partial charge in [-0.05, 0) is 25.8 Å². The van der Waals surface area contributed by atoms with Crippen molar-refractivity contribution in [3.8, 4) is 0 Å². The lowest BCUT2D eigenvalue weighted by Crippen LogP contribution is -2.13. The molecule has 0 saturated carbocycles. The van der Waals surface area contributed by atoms with Crippen molar-refractivity contribution < 1.29 is 14.3 Å². The van der Waals surface area contributed by atoms with Crippen LogP contribution in [0.15, 0.2) is 36.4 Å². The third-order valence-corrected chi connectivity index (χ3v) is 3.96. The summed E-state index contributed by atoms with van der Waals surface area (Å²) in [5.41, 5.74) is 1.58. The van der Waals surface area contributed by atoms with E-state index in [1.54, 1.807) is 25.1 Å². The van der Waals surface area contributed by atoms with E-state index in [1.165, 1.54) is 0 Å². The highest BCUT2D eigenvalue weighted by molar-refractivity contribution is 6.13. The Bertz CT molecular complexity index is 719. The zero-order valence-corrected chi connectivity index (χ0v) is 13.2. The molecule has 2 aromatic rings. The zero-order chi connectivity index (χ0) is 16.2. The number of aromatic nitrogens is 1. The van der Waals surface area contributed by atoms with Gasteiger partial charge >= 0.3 is 5.97 Å². The van der Waals surface area contributed by atoms with E-state index in [0.717, 1.165) is 25.2 Å². The quantitative estimate of drug-likeness (QED) is 0.696. The summed E-state index contributed by atoms with van der Waals surface area (Å²) in [5.74, 6) is 0.253. The van der Waals surface area contributed by atoms with Gasteiger partial charge in [0.1, 0.15) is 11.5 Å². The maximum Gasteiger partial charge on any atom is 0.355 e. The van der Waals surface area contributed by atoms with Gasteiger partial charge in [0.25, 0.3) is 0 Å². The molecule has 0 radical (unpaired) electrons. The van der Waals surface area contributed by atoms with Gasteiger partial charge in [0, 0.05) is 18.7 Å². The molecule has 5 heteroatoms. The van der Waals surface area contributed by atoms with Gasteiger partial charge in [-0.15, -0.1) is 0 Å². The van der Waals surface area contributed by atoms with Gasteiger partial charge in [-0.25, -0.2) is 4.79 Å². The maximum atomic E-state index is 12.8. The number of nitrogens with zero attached hydrogens (tertiary/aromatic N) is 1. The number of hydrogen-bond acceptors (Lipinski definition) is 4. The van der Waals surface area contributed by atoms with Crippen molar-refractivity contribution >= 4 is 17.6 Å². The molecule has 0 bridgehead atoms. The SMILES string of the molecule is CCOC(=O)c1cc(C(=O)c2ccccc2)c2n1CCCCN2. The van der Waals surface area contributed by atoms with Crippen molar-refractivity contribution in [3.63, 3.8) is 0 Å². The molecule has 3 rings (SSSR count). The monoisotopic (exact) mass is 312 g/mol. The third-order valence-electron chi connectivity index (χ3n) is 3.96. The molecule has 1 aromatic heterocycles. The van der Waals surface area contributed by atoms with Gasteiger partial charge in [0.05, 0.1) is 12.2 Å². The van der Waals surface area contributed by atoms with Gasteiger partial charge in [-0.2, -0.15) is 0 Å². The smallest absolute Gasteiger partial charge is 0.355 e. The van der Waals surface area contributed by atoms with E-state index in [9.17, 15) is 9.59 Å². The van der Waals surface area contributed by atoms with Crippen LogP contribution in [0.5, 0.6) is 0 Å². The molecule has 1 aromatic carbocycles. The Kier molecular flexibility index (Phi) is 4.46. The molecule has 0 fully saturated rings. The van der Waals surface area contributed by atoms with Crippen molar-refractivity contribution in [1.29, 1.82) is 0 Å². The molecule has 0 aliphatic carbocycles. The Morgan fingerprint density at radius 1 is 1.22 bits per heavy atom. The fraction of sp³-hybridized carbons (Fsp3) is 0.333. The lowest BCUT2D eigenvalue weighted by molar-refractivity contribution is 0.0514. The molecule has 0 amide bonds. The average Bonchev–Trinajstić information content (AvgIpc) is 2.77. The normalized spacial score (nSPS) is 13.6. The van der Waals surface area contributed by atoms with E-state index >= 15 is 0 Å². The number of benzene rings is 1. The molecule has 0 atom stereocenters. The van der Waals surface area contributed by atoms with Crippen LogP contribution in [0.3, 0.4) is 0 Å². The molecule has 120 valence electrons. The molecule has 2 heterocycles. The van der Waals surface area contributed by atoms with Crippen LogP contribution >= 0.6 is 0 Å². The number of fused-ring (bicyclic) bond motifs is 1. The predicted octanol–water partition coefficient (Wildman–Crippen LogP) is 3.10. The second-order valence-corrected chi connectivity index (χ2v) is 5.49. The Labute approximate surface area is 135 Å². The summed E-state index contributed by atoms with van der Waals surface area (Å²) in [5, 5.41) is 3.30. The first-order valence-corrected chi connectivity index (χ1v) is 7.96. The minimum atomic E-state index is -0.385. The summed E-state index contributed by atoms with van der Waals surface area (Å²) in [6.45, 7) is 3.59. The van der Waals surface area contributed by atoms with Crippen LogP contribution in [-0.2, 0) is 11.3 Å². The third kappa shape index (κ3) is 2.99. The zero-order valence-electron chi connectivity index (χ0n) is 13.2. The summed E-state index contributed by atoms with van der Waals surface area (Å²) in [6, 6.07) is 10.8. The Hall–Kier alpha value is -2.56. The largest absolute Gasteiger partial charge is 0.461 e. The molecule has 0 spiro atoms. The summed E-state index contributed by atoms with van der Waals surface area (Å²) < 4.78 is 7.01. The Morgan fingerprint density at radius 3 is 2.74 bits per heavy atom. The number of ketones is 1. The maximum absolute atomic E-state index is 12.8. The van der Waals surface area contributed by atoms with Crippen LogP contribution in [0.4, 0.5) is 5.82 Å². The van der Waals surface area contributed by atoms with Crippen molar-refractivity contribution in [1.82, 2.24) is 4.57 Å². The summed E-state index contributed by atoms with van der Waals surface area (Å²) in [4.78, 5) is 25.0. The van der Waals surface area contributed by atoms with E-state index in [-0.39, 0.29) is 11.8 Å².